The summed E-state index contributed by atoms with van der Waals surface area (Å²) in [5, 5.41) is 3.98. The van der Waals surface area contributed by atoms with E-state index in [-0.39, 0.29) is 5.82 Å². The Morgan fingerprint density at radius 1 is 1.05 bits per heavy atom. The zero-order chi connectivity index (χ0) is 14.7. The van der Waals surface area contributed by atoms with Gasteiger partial charge in [-0.2, -0.15) is 4.98 Å². The van der Waals surface area contributed by atoms with Crippen LogP contribution in [0.5, 0.6) is 0 Å². The Morgan fingerprint density at radius 3 is 2.48 bits per heavy atom. The molecule has 0 aliphatic carbocycles. The minimum Gasteiger partial charge on any atom is -0.338 e. The van der Waals surface area contributed by atoms with Gasteiger partial charge in [0.25, 0.3) is 0 Å². The van der Waals surface area contributed by atoms with Crippen molar-refractivity contribution in [2.24, 2.45) is 0 Å². The van der Waals surface area contributed by atoms with Gasteiger partial charge < -0.3 is 4.52 Å². The molecule has 1 aromatic heterocycles. The van der Waals surface area contributed by atoms with Gasteiger partial charge in [0.05, 0.1) is 5.75 Å². The number of nitrogens with zero attached hydrogens (tertiary/aromatic N) is 2. The van der Waals surface area contributed by atoms with Gasteiger partial charge in [0.1, 0.15) is 5.82 Å². The molecule has 0 aliphatic rings. The molecular formula is C16H13FN2OS. The highest BCUT2D eigenvalue weighted by Gasteiger charge is 2.08. The zero-order valence-electron chi connectivity index (χ0n) is 11.4. The molecule has 21 heavy (non-hydrogen) atoms. The maximum absolute atomic E-state index is 12.8. The molecule has 3 nitrogen and oxygen atoms in total. The summed E-state index contributed by atoms with van der Waals surface area (Å²) >= 11 is 1.53. The predicted octanol–water partition coefficient (Wildman–Crippen LogP) is 4.48. The van der Waals surface area contributed by atoms with E-state index in [0.717, 1.165) is 10.5 Å². The lowest BCUT2D eigenvalue weighted by atomic mass is 10.1. The largest absolute Gasteiger partial charge is 0.338 e. The van der Waals surface area contributed by atoms with E-state index in [0.29, 0.717) is 17.5 Å². The number of benzene rings is 2. The van der Waals surface area contributed by atoms with Crippen molar-refractivity contribution in [3.05, 3.63) is 65.8 Å². The molecule has 5 heteroatoms. The highest BCUT2D eigenvalue weighted by molar-refractivity contribution is 7.98. The summed E-state index contributed by atoms with van der Waals surface area (Å²) in [6.07, 6.45) is 0. The van der Waals surface area contributed by atoms with Crippen molar-refractivity contribution in [3.63, 3.8) is 0 Å². The van der Waals surface area contributed by atoms with Crippen LogP contribution in [0.25, 0.3) is 11.4 Å². The van der Waals surface area contributed by atoms with E-state index in [4.69, 9.17) is 4.52 Å². The van der Waals surface area contributed by atoms with Crippen LogP contribution < -0.4 is 0 Å². The van der Waals surface area contributed by atoms with Gasteiger partial charge in [0, 0.05) is 10.5 Å². The Morgan fingerprint density at radius 2 is 1.76 bits per heavy atom. The second-order valence-corrected chi connectivity index (χ2v) is 5.67. The third-order valence-corrected chi connectivity index (χ3v) is 3.95. The summed E-state index contributed by atoms with van der Waals surface area (Å²) < 4.78 is 18.1. The Balaban J connectivity index is 1.67. The fourth-order valence-corrected chi connectivity index (χ4v) is 2.55. The molecule has 0 spiro atoms. The maximum Gasteiger partial charge on any atom is 0.237 e. The standard InChI is InChI=1S/C16H13FN2OS/c1-11-2-4-12(5-3-11)16-18-15(20-19-16)10-21-14-8-6-13(17)7-9-14/h2-9H,10H2,1H3. The average molecular weight is 300 g/mol. The van der Waals surface area contributed by atoms with Gasteiger partial charge >= 0.3 is 0 Å². The van der Waals surface area contributed by atoms with Crippen molar-refractivity contribution in [1.82, 2.24) is 10.1 Å². The van der Waals surface area contributed by atoms with Crippen LogP contribution in [0.1, 0.15) is 11.5 Å². The van der Waals surface area contributed by atoms with Crippen LogP contribution in [0.4, 0.5) is 4.39 Å². The third-order valence-electron chi connectivity index (χ3n) is 2.95. The minimum atomic E-state index is -0.237. The number of thioether (sulfide) groups is 1. The molecule has 2 aromatic carbocycles. The number of hydrogen-bond donors (Lipinski definition) is 0. The summed E-state index contributed by atoms with van der Waals surface area (Å²) in [5.74, 6) is 1.47. The molecule has 3 aromatic rings. The van der Waals surface area contributed by atoms with Crippen LogP contribution in [0.2, 0.25) is 0 Å². The molecule has 0 saturated heterocycles. The number of aromatic nitrogens is 2. The topological polar surface area (TPSA) is 38.9 Å². The second kappa shape index (κ2) is 6.10. The highest BCUT2D eigenvalue weighted by atomic mass is 32.2. The number of rotatable bonds is 4. The summed E-state index contributed by atoms with van der Waals surface area (Å²) in [5.41, 5.74) is 2.12. The van der Waals surface area contributed by atoms with Crippen molar-refractivity contribution in [2.75, 3.05) is 0 Å². The van der Waals surface area contributed by atoms with Gasteiger partial charge in [-0.3, -0.25) is 0 Å². The van der Waals surface area contributed by atoms with Crippen LogP contribution in [0.15, 0.2) is 57.9 Å². The SMILES string of the molecule is Cc1ccc(-c2noc(CSc3ccc(F)cc3)n2)cc1. The first kappa shape index (κ1) is 13.8. The van der Waals surface area contributed by atoms with Gasteiger partial charge in [0.2, 0.25) is 11.7 Å². The van der Waals surface area contributed by atoms with E-state index in [1.54, 1.807) is 12.1 Å². The first-order chi connectivity index (χ1) is 10.2. The Bertz CT molecular complexity index is 723. The van der Waals surface area contributed by atoms with Gasteiger partial charge in [-0.25, -0.2) is 4.39 Å². The molecule has 3 rings (SSSR count). The summed E-state index contributed by atoms with van der Waals surface area (Å²) in [6.45, 7) is 2.03. The van der Waals surface area contributed by atoms with Gasteiger partial charge in [-0.05, 0) is 31.2 Å². The van der Waals surface area contributed by atoms with Crippen LogP contribution in [-0.2, 0) is 5.75 Å². The van der Waals surface area contributed by atoms with E-state index in [1.807, 2.05) is 31.2 Å². The molecule has 0 atom stereocenters. The van der Waals surface area contributed by atoms with Crippen LogP contribution in [0.3, 0.4) is 0 Å². The molecule has 0 aliphatic heterocycles. The molecule has 1 heterocycles. The molecule has 0 radical (unpaired) electrons. The predicted molar refractivity (Wildman–Crippen MR) is 80.4 cm³/mol. The number of hydrogen-bond acceptors (Lipinski definition) is 4. The average Bonchev–Trinajstić information content (AvgIpc) is 2.96. The normalized spacial score (nSPS) is 10.8. The lowest BCUT2D eigenvalue weighted by Crippen LogP contribution is -1.83. The Kier molecular flexibility index (Phi) is 4.01. The molecule has 0 amide bonds. The second-order valence-electron chi connectivity index (χ2n) is 4.62. The summed E-state index contributed by atoms with van der Waals surface area (Å²) in [4.78, 5) is 5.33. The van der Waals surface area contributed by atoms with Crippen LogP contribution in [-0.4, -0.2) is 10.1 Å². The molecule has 0 N–H and O–H groups in total. The Labute approximate surface area is 126 Å². The van der Waals surface area contributed by atoms with E-state index in [2.05, 4.69) is 10.1 Å². The van der Waals surface area contributed by atoms with Gasteiger partial charge in [-0.1, -0.05) is 35.0 Å². The first-order valence-corrected chi connectivity index (χ1v) is 7.47. The molecule has 0 fully saturated rings. The summed E-state index contributed by atoms with van der Waals surface area (Å²) in [6, 6.07) is 14.3. The fourth-order valence-electron chi connectivity index (χ4n) is 1.81. The van der Waals surface area contributed by atoms with E-state index in [9.17, 15) is 4.39 Å². The highest BCUT2D eigenvalue weighted by Crippen LogP contribution is 2.23. The number of halogens is 1. The van der Waals surface area contributed by atoms with Crippen LogP contribution in [0, 0.1) is 12.7 Å². The molecule has 0 saturated carbocycles. The van der Waals surface area contributed by atoms with E-state index in [1.165, 1.54) is 29.5 Å². The molecule has 0 unspecified atom stereocenters. The van der Waals surface area contributed by atoms with Gasteiger partial charge in [-0.15, -0.1) is 11.8 Å². The van der Waals surface area contributed by atoms with Crippen molar-refractivity contribution in [3.8, 4) is 11.4 Å². The quantitative estimate of drug-likeness (QED) is 0.666. The molecule has 0 bridgehead atoms. The lowest BCUT2D eigenvalue weighted by Gasteiger charge is -1.97. The minimum absolute atomic E-state index is 0.237. The first-order valence-electron chi connectivity index (χ1n) is 6.49. The maximum atomic E-state index is 12.8. The van der Waals surface area contributed by atoms with Crippen molar-refractivity contribution in [2.45, 2.75) is 17.6 Å². The van der Waals surface area contributed by atoms with Gasteiger partial charge in [0.15, 0.2) is 0 Å². The van der Waals surface area contributed by atoms with Crippen molar-refractivity contribution < 1.29 is 8.91 Å². The monoisotopic (exact) mass is 300 g/mol. The van der Waals surface area contributed by atoms with Crippen LogP contribution >= 0.6 is 11.8 Å². The Hall–Kier alpha value is -2.14. The van der Waals surface area contributed by atoms with Crippen molar-refractivity contribution >= 4 is 11.8 Å². The fraction of sp³-hybridized carbons (Fsp3) is 0.125. The summed E-state index contributed by atoms with van der Waals surface area (Å²) in [7, 11) is 0. The third kappa shape index (κ3) is 3.49. The number of aryl methyl sites for hydroxylation is 1. The zero-order valence-corrected chi connectivity index (χ0v) is 12.2. The smallest absolute Gasteiger partial charge is 0.237 e. The lowest BCUT2D eigenvalue weighted by molar-refractivity contribution is 0.391. The van der Waals surface area contributed by atoms with E-state index < -0.39 is 0 Å². The molecular weight excluding hydrogens is 287 g/mol. The molecule has 106 valence electrons. The van der Waals surface area contributed by atoms with E-state index >= 15 is 0 Å². The van der Waals surface area contributed by atoms with Crippen molar-refractivity contribution in [1.29, 1.82) is 0 Å².